The molecule has 1 amide bonds. The summed E-state index contributed by atoms with van der Waals surface area (Å²) in [5.74, 6) is 0.323. The van der Waals surface area contributed by atoms with Crippen LogP contribution in [0.3, 0.4) is 0 Å². The minimum Gasteiger partial charge on any atom is -0.368 e. The van der Waals surface area contributed by atoms with Crippen LogP contribution >= 0.6 is 11.8 Å². The van der Waals surface area contributed by atoms with Crippen molar-refractivity contribution in [2.45, 2.75) is 30.8 Å². The van der Waals surface area contributed by atoms with E-state index >= 15 is 0 Å². The number of H-pyrrole nitrogens is 1. The topological polar surface area (TPSA) is 87.9 Å². The van der Waals surface area contributed by atoms with Crippen LogP contribution < -0.4 is 5.73 Å². The highest BCUT2D eigenvalue weighted by molar-refractivity contribution is 8.00. The molecule has 1 aromatic carbocycles. The van der Waals surface area contributed by atoms with Crippen LogP contribution in [-0.2, 0) is 11.3 Å². The van der Waals surface area contributed by atoms with Gasteiger partial charge in [0, 0.05) is 13.1 Å². The molecule has 0 aliphatic carbocycles. The van der Waals surface area contributed by atoms with Crippen molar-refractivity contribution in [1.82, 2.24) is 20.1 Å². The lowest BCUT2D eigenvalue weighted by Gasteiger charge is -2.23. The fraction of sp³-hybridized carbons (Fsp3) is 0.357. The van der Waals surface area contributed by atoms with Crippen molar-refractivity contribution in [2.75, 3.05) is 12.3 Å². The smallest absolute Gasteiger partial charge is 0.236 e. The number of amides is 1. The molecular formula is C14H19N5OS. The van der Waals surface area contributed by atoms with Crippen molar-refractivity contribution in [3.8, 4) is 0 Å². The molecule has 6 nitrogen and oxygen atoms in total. The summed E-state index contributed by atoms with van der Waals surface area (Å²) in [7, 11) is 0. The van der Waals surface area contributed by atoms with Gasteiger partial charge in [-0.1, -0.05) is 42.1 Å². The molecule has 0 bridgehead atoms. The summed E-state index contributed by atoms with van der Waals surface area (Å²) < 4.78 is 0. The zero-order valence-electron chi connectivity index (χ0n) is 12.1. The maximum atomic E-state index is 12.5. The first-order chi connectivity index (χ1) is 10.1. The number of nitrogens with two attached hydrogens (primary N) is 1. The molecule has 1 heterocycles. The van der Waals surface area contributed by atoms with Crippen molar-refractivity contribution in [1.29, 1.82) is 0 Å². The summed E-state index contributed by atoms with van der Waals surface area (Å²) in [5, 5.41) is 6.73. The van der Waals surface area contributed by atoms with Crippen LogP contribution in [0.2, 0.25) is 0 Å². The third-order valence-electron chi connectivity index (χ3n) is 3.02. The zero-order chi connectivity index (χ0) is 15.2. The fourth-order valence-corrected chi connectivity index (χ4v) is 2.74. The second kappa shape index (κ2) is 7.12. The van der Waals surface area contributed by atoms with Gasteiger partial charge in [-0.15, -0.1) is 5.10 Å². The molecule has 0 radical (unpaired) electrons. The summed E-state index contributed by atoms with van der Waals surface area (Å²) in [6.07, 6.45) is 0. The lowest BCUT2D eigenvalue weighted by molar-refractivity contribution is -0.130. The Morgan fingerprint density at radius 3 is 2.71 bits per heavy atom. The van der Waals surface area contributed by atoms with Crippen LogP contribution in [0, 0.1) is 0 Å². The van der Waals surface area contributed by atoms with Gasteiger partial charge in [0.2, 0.25) is 17.0 Å². The molecule has 7 heteroatoms. The molecule has 0 unspecified atom stereocenters. The maximum absolute atomic E-state index is 12.5. The second-order valence-corrected chi connectivity index (χ2v) is 5.91. The molecule has 0 saturated carbocycles. The standard InChI is InChI=1S/C14H19N5OS/c1-3-19(9-11-7-5-4-6-8-11)12(20)10(2)21-14-16-13(15)17-18-14/h4-8,10H,3,9H2,1-2H3,(H3,15,16,17,18)/t10-/m0/s1. The number of carbonyl (C=O) groups is 1. The van der Waals surface area contributed by atoms with E-state index in [0.29, 0.717) is 18.2 Å². The summed E-state index contributed by atoms with van der Waals surface area (Å²) in [4.78, 5) is 18.3. The Bertz CT molecular complexity index is 586. The van der Waals surface area contributed by atoms with Crippen LogP contribution in [-0.4, -0.2) is 37.8 Å². The van der Waals surface area contributed by atoms with Crippen molar-refractivity contribution < 1.29 is 4.79 Å². The third kappa shape index (κ3) is 4.22. The highest BCUT2D eigenvalue weighted by Gasteiger charge is 2.22. The zero-order valence-corrected chi connectivity index (χ0v) is 12.9. The molecule has 1 aromatic heterocycles. The first kappa shape index (κ1) is 15.4. The van der Waals surface area contributed by atoms with Crippen molar-refractivity contribution >= 4 is 23.6 Å². The summed E-state index contributed by atoms with van der Waals surface area (Å²) >= 11 is 1.30. The lowest BCUT2D eigenvalue weighted by Crippen LogP contribution is -2.36. The molecule has 0 aliphatic rings. The highest BCUT2D eigenvalue weighted by Crippen LogP contribution is 2.21. The van der Waals surface area contributed by atoms with E-state index in [0.717, 1.165) is 5.56 Å². The van der Waals surface area contributed by atoms with Gasteiger partial charge in [-0.2, -0.15) is 4.98 Å². The molecule has 0 fully saturated rings. The molecule has 2 rings (SSSR count). The molecule has 3 N–H and O–H groups in total. The Kier molecular flexibility index (Phi) is 5.21. The van der Waals surface area contributed by atoms with Crippen LogP contribution in [0.25, 0.3) is 0 Å². The number of benzene rings is 1. The van der Waals surface area contributed by atoms with Gasteiger partial charge in [0.15, 0.2) is 0 Å². The third-order valence-corrected chi connectivity index (χ3v) is 3.97. The van der Waals surface area contributed by atoms with Gasteiger partial charge in [0.1, 0.15) is 0 Å². The Morgan fingerprint density at radius 2 is 2.14 bits per heavy atom. The predicted molar refractivity (Wildman–Crippen MR) is 83.6 cm³/mol. The van der Waals surface area contributed by atoms with Gasteiger partial charge in [-0.05, 0) is 19.4 Å². The Balaban J connectivity index is 1.98. The van der Waals surface area contributed by atoms with Crippen LogP contribution in [0.1, 0.15) is 19.4 Å². The van der Waals surface area contributed by atoms with Crippen LogP contribution in [0.15, 0.2) is 35.5 Å². The minimum atomic E-state index is -0.260. The number of rotatable bonds is 6. The number of aromatic nitrogens is 3. The molecule has 2 aromatic rings. The van der Waals surface area contributed by atoms with E-state index in [1.54, 1.807) is 0 Å². The second-order valence-electron chi connectivity index (χ2n) is 4.60. The first-order valence-corrected chi connectivity index (χ1v) is 7.65. The fourth-order valence-electron chi connectivity index (χ4n) is 1.93. The monoisotopic (exact) mass is 305 g/mol. The van der Waals surface area contributed by atoms with Crippen LogP contribution in [0.5, 0.6) is 0 Å². The van der Waals surface area contributed by atoms with Gasteiger partial charge < -0.3 is 10.6 Å². The highest BCUT2D eigenvalue weighted by atomic mass is 32.2. The van der Waals surface area contributed by atoms with Gasteiger partial charge in [0.25, 0.3) is 0 Å². The molecule has 1 atom stereocenters. The van der Waals surface area contributed by atoms with E-state index in [4.69, 9.17) is 5.73 Å². The molecule has 0 saturated heterocycles. The van der Waals surface area contributed by atoms with Gasteiger partial charge in [-0.25, -0.2) is 5.10 Å². The number of nitrogens with one attached hydrogen (secondary N) is 1. The van der Waals surface area contributed by atoms with Gasteiger partial charge >= 0.3 is 0 Å². The van der Waals surface area contributed by atoms with Crippen molar-refractivity contribution in [2.24, 2.45) is 0 Å². The Hall–Kier alpha value is -2.02. The largest absolute Gasteiger partial charge is 0.368 e. The van der Waals surface area contributed by atoms with Crippen LogP contribution in [0.4, 0.5) is 5.95 Å². The van der Waals surface area contributed by atoms with E-state index < -0.39 is 0 Å². The van der Waals surface area contributed by atoms with E-state index in [9.17, 15) is 4.79 Å². The number of anilines is 1. The number of aromatic amines is 1. The number of hydrogen-bond donors (Lipinski definition) is 2. The van der Waals surface area contributed by atoms with Gasteiger partial charge in [0.05, 0.1) is 5.25 Å². The minimum absolute atomic E-state index is 0.0646. The molecule has 21 heavy (non-hydrogen) atoms. The van der Waals surface area contributed by atoms with E-state index in [2.05, 4.69) is 15.2 Å². The van der Waals surface area contributed by atoms with Crippen molar-refractivity contribution in [3.05, 3.63) is 35.9 Å². The molecule has 0 spiro atoms. The predicted octanol–water partition coefficient (Wildman–Crippen LogP) is 1.92. The lowest BCUT2D eigenvalue weighted by atomic mass is 10.2. The Labute approximate surface area is 128 Å². The Morgan fingerprint density at radius 1 is 1.43 bits per heavy atom. The molecule has 112 valence electrons. The van der Waals surface area contributed by atoms with Gasteiger partial charge in [-0.3, -0.25) is 4.79 Å². The van der Waals surface area contributed by atoms with E-state index in [-0.39, 0.29) is 17.1 Å². The molecule has 0 aliphatic heterocycles. The number of carbonyl (C=O) groups excluding carboxylic acids is 1. The SMILES string of the molecule is CCN(Cc1ccccc1)C(=O)[C@H](C)Sc1n[nH]c(N)n1. The average Bonchev–Trinajstić information content (AvgIpc) is 2.90. The number of hydrogen-bond acceptors (Lipinski definition) is 5. The maximum Gasteiger partial charge on any atom is 0.236 e. The molecular weight excluding hydrogens is 286 g/mol. The quantitative estimate of drug-likeness (QED) is 0.796. The van der Waals surface area contributed by atoms with Crippen molar-refractivity contribution in [3.63, 3.8) is 0 Å². The number of thioether (sulfide) groups is 1. The summed E-state index contributed by atoms with van der Waals surface area (Å²) in [6, 6.07) is 9.95. The summed E-state index contributed by atoms with van der Waals surface area (Å²) in [5.41, 5.74) is 6.60. The summed E-state index contributed by atoms with van der Waals surface area (Å²) in [6.45, 7) is 5.10. The first-order valence-electron chi connectivity index (χ1n) is 6.77. The average molecular weight is 305 g/mol. The number of nitrogens with zero attached hydrogens (tertiary/aromatic N) is 3. The normalized spacial score (nSPS) is 12.1. The number of nitrogen functional groups attached to an aromatic ring is 1. The van der Waals surface area contributed by atoms with E-state index in [1.807, 2.05) is 49.1 Å². The van der Waals surface area contributed by atoms with E-state index in [1.165, 1.54) is 11.8 Å².